The van der Waals surface area contributed by atoms with E-state index in [1.54, 1.807) is 11.3 Å². The summed E-state index contributed by atoms with van der Waals surface area (Å²) in [6.45, 7) is 4.26. The lowest BCUT2D eigenvalue weighted by Crippen LogP contribution is -2.37. The van der Waals surface area contributed by atoms with Gasteiger partial charge in [0.2, 0.25) is 5.91 Å². The van der Waals surface area contributed by atoms with Gasteiger partial charge in [-0.3, -0.25) is 4.79 Å². The van der Waals surface area contributed by atoms with Crippen LogP contribution in [-0.4, -0.2) is 30.1 Å². The summed E-state index contributed by atoms with van der Waals surface area (Å²) in [7, 11) is 0. The van der Waals surface area contributed by atoms with Crippen LogP contribution in [0, 0.1) is 6.92 Å². The summed E-state index contributed by atoms with van der Waals surface area (Å²) in [6, 6.07) is 12.4. The molecule has 4 heteroatoms. The van der Waals surface area contributed by atoms with Gasteiger partial charge < -0.3 is 9.64 Å². The van der Waals surface area contributed by atoms with Crippen LogP contribution in [0.3, 0.4) is 0 Å². The van der Waals surface area contributed by atoms with Crippen molar-refractivity contribution in [2.24, 2.45) is 0 Å². The van der Waals surface area contributed by atoms with E-state index in [1.165, 1.54) is 11.1 Å². The average molecular weight is 329 g/mol. The Kier molecular flexibility index (Phi) is 5.47. The number of carbonyl (C=O) groups is 1. The third-order valence-corrected chi connectivity index (χ3v) is 5.04. The molecule has 1 fully saturated rings. The molecule has 3 nitrogen and oxygen atoms in total. The highest BCUT2D eigenvalue weighted by Gasteiger charge is 2.23. The Labute approximate surface area is 141 Å². The molecule has 1 atom stereocenters. The molecule has 1 aromatic carbocycles. The van der Waals surface area contributed by atoms with Crippen LogP contribution in [0.4, 0.5) is 0 Å². The Balaban J connectivity index is 1.70. The lowest BCUT2D eigenvalue weighted by atomic mass is 10.1. The predicted molar refractivity (Wildman–Crippen MR) is 93.6 cm³/mol. The Morgan fingerprint density at radius 2 is 2.26 bits per heavy atom. The van der Waals surface area contributed by atoms with E-state index in [4.69, 9.17) is 4.74 Å². The standard InChI is InChI=1S/C19H23NO2S/c1-15-5-2-6-16(11-15)13-20(14-17-7-3-9-22-17)19(21)12-18-8-4-10-23-18/h2,4-6,8,10-11,17H,3,7,9,12-14H2,1H3. The first-order valence-electron chi connectivity index (χ1n) is 8.18. The highest BCUT2D eigenvalue weighted by molar-refractivity contribution is 7.10. The first-order chi connectivity index (χ1) is 11.2. The number of thiophene rings is 1. The summed E-state index contributed by atoms with van der Waals surface area (Å²) >= 11 is 1.64. The minimum Gasteiger partial charge on any atom is -0.376 e. The van der Waals surface area contributed by atoms with Crippen molar-refractivity contribution in [3.05, 3.63) is 57.8 Å². The number of nitrogens with zero attached hydrogens (tertiary/aromatic N) is 1. The molecule has 2 heterocycles. The first kappa shape index (κ1) is 16.2. The van der Waals surface area contributed by atoms with E-state index in [0.29, 0.717) is 19.5 Å². The highest BCUT2D eigenvalue weighted by atomic mass is 32.1. The normalized spacial score (nSPS) is 17.3. The fourth-order valence-electron chi connectivity index (χ4n) is 2.99. The number of carbonyl (C=O) groups excluding carboxylic acids is 1. The van der Waals surface area contributed by atoms with Crippen molar-refractivity contribution in [1.29, 1.82) is 0 Å². The fraction of sp³-hybridized carbons (Fsp3) is 0.421. The molecule has 2 aromatic rings. The number of rotatable bonds is 6. The van der Waals surface area contributed by atoms with E-state index in [9.17, 15) is 4.79 Å². The molecule has 122 valence electrons. The minimum atomic E-state index is 0.185. The summed E-state index contributed by atoms with van der Waals surface area (Å²) in [4.78, 5) is 15.8. The molecule has 1 amide bonds. The Morgan fingerprint density at radius 1 is 1.35 bits per heavy atom. The van der Waals surface area contributed by atoms with Gasteiger partial charge >= 0.3 is 0 Å². The molecule has 0 N–H and O–H groups in total. The van der Waals surface area contributed by atoms with E-state index >= 15 is 0 Å². The van der Waals surface area contributed by atoms with Gasteiger partial charge in [-0.1, -0.05) is 35.9 Å². The van der Waals surface area contributed by atoms with Gasteiger partial charge in [0.15, 0.2) is 0 Å². The maximum absolute atomic E-state index is 12.8. The van der Waals surface area contributed by atoms with Crippen molar-refractivity contribution in [2.45, 2.75) is 38.8 Å². The van der Waals surface area contributed by atoms with Crippen molar-refractivity contribution in [1.82, 2.24) is 4.90 Å². The smallest absolute Gasteiger partial charge is 0.228 e. The van der Waals surface area contributed by atoms with Gasteiger partial charge in [0.05, 0.1) is 12.5 Å². The summed E-state index contributed by atoms with van der Waals surface area (Å²) in [5.74, 6) is 0.185. The molecule has 1 aliphatic heterocycles. The second kappa shape index (κ2) is 7.75. The number of ether oxygens (including phenoxy) is 1. The number of aryl methyl sites for hydroxylation is 1. The maximum atomic E-state index is 12.8. The average Bonchev–Trinajstić information content (AvgIpc) is 3.20. The molecule has 1 aliphatic rings. The third kappa shape index (κ3) is 4.66. The number of amides is 1. The van der Waals surface area contributed by atoms with Crippen LogP contribution in [0.1, 0.15) is 28.8 Å². The molecular formula is C19H23NO2S. The maximum Gasteiger partial charge on any atom is 0.228 e. The van der Waals surface area contributed by atoms with Crippen LogP contribution >= 0.6 is 11.3 Å². The molecule has 0 bridgehead atoms. The zero-order valence-corrected chi connectivity index (χ0v) is 14.3. The van der Waals surface area contributed by atoms with Crippen LogP contribution in [0.5, 0.6) is 0 Å². The van der Waals surface area contributed by atoms with Crippen molar-refractivity contribution < 1.29 is 9.53 Å². The van der Waals surface area contributed by atoms with E-state index in [-0.39, 0.29) is 12.0 Å². The predicted octanol–water partition coefficient (Wildman–Crippen LogP) is 3.81. The molecule has 1 saturated heterocycles. The number of hydrogen-bond donors (Lipinski definition) is 0. The lowest BCUT2D eigenvalue weighted by molar-refractivity contribution is -0.132. The number of hydrogen-bond acceptors (Lipinski definition) is 3. The quantitative estimate of drug-likeness (QED) is 0.806. The number of benzene rings is 1. The minimum absolute atomic E-state index is 0.185. The third-order valence-electron chi connectivity index (χ3n) is 4.16. The Hall–Kier alpha value is -1.65. The lowest BCUT2D eigenvalue weighted by Gasteiger charge is -2.25. The van der Waals surface area contributed by atoms with E-state index in [0.717, 1.165) is 24.3 Å². The molecule has 0 aliphatic carbocycles. The molecule has 0 spiro atoms. The van der Waals surface area contributed by atoms with Crippen molar-refractivity contribution in [3.8, 4) is 0 Å². The molecular weight excluding hydrogens is 306 g/mol. The van der Waals surface area contributed by atoms with Crippen molar-refractivity contribution >= 4 is 17.2 Å². The van der Waals surface area contributed by atoms with Gasteiger partial charge in [-0.2, -0.15) is 0 Å². The van der Waals surface area contributed by atoms with Crippen molar-refractivity contribution in [3.63, 3.8) is 0 Å². The fourth-order valence-corrected chi connectivity index (χ4v) is 3.69. The van der Waals surface area contributed by atoms with Crippen LogP contribution in [-0.2, 0) is 22.5 Å². The summed E-state index contributed by atoms with van der Waals surface area (Å²) in [6.07, 6.45) is 2.82. The SMILES string of the molecule is Cc1cccc(CN(CC2CCCO2)C(=O)Cc2cccs2)c1. The second-order valence-electron chi connectivity index (χ2n) is 6.15. The zero-order valence-electron chi connectivity index (χ0n) is 13.5. The van der Waals surface area contributed by atoms with Gasteiger partial charge in [0, 0.05) is 24.6 Å². The largest absolute Gasteiger partial charge is 0.376 e. The second-order valence-corrected chi connectivity index (χ2v) is 7.19. The van der Waals surface area contributed by atoms with Crippen LogP contribution < -0.4 is 0 Å². The molecule has 1 aromatic heterocycles. The first-order valence-corrected chi connectivity index (χ1v) is 9.06. The monoisotopic (exact) mass is 329 g/mol. The zero-order chi connectivity index (χ0) is 16.1. The summed E-state index contributed by atoms with van der Waals surface area (Å²) in [5.41, 5.74) is 2.41. The topological polar surface area (TPSA) is 29.5 Å². The summed E-state index contributed by atoms with van der Waals surface area (Å²) < 4.78 is 5.74. The molecule has 1 unspecified atom stereocenters. The van der Waals surface area contributed by atoms with Gasteiger partial charge in [0.1, 0.15) is 0 Å². The van der Waals surface area contributed by atoms with E-state index in [1.807, 2.05) is 22.4 Å². The van der Waals surface area contributed by atoms with Gasteiger partial charge in [-0.05, 0) is 36.8 Å². The van der Waals surface area contributed by atoms with E-state index in [2.05, 4.69) is 31.2 Å². The van der Waals surface area contributed by atoms with E-state index < -0.39 is 0 Å². The van der Waals surface area contributed by atoms with Gasteiger partial charge in [0.25, 0.3) is 0 Å². The molecule has 3 rings (SSSR count). The molecule has 23 heavy (non-hydrogen) atoms. The van der Waals surface area contributed by atoms with Crippen molar-refractivity contribution in [2.75, 3.05) is 13.2 Å². The molecule has 0 radical (unpaired) electrons. The van der Waals surface area contributed by atoms with Crippen LogP contribution in [0.25, 0.3) is 0 Å². The van der Waals surface area contributed by atoms with Gasteiger partial charge in [-0.15, -0.1) is 11.3 Å². The van der Waals surface area contributed by atoms with Gasteiger partial charge in [-0.25, -0.2) is 0 Å². The van der Waals surface area contributed by atoms with Crippen LogP contribution in [0.2, 0.25) is 0 Å². The summed E-state index contributed by atoms with van der Waals surface area (Å²) in [5, 5.41) is 2.02. The van der Waals surface area contributed by atoms with Crippen LogP contribution in [0.15, 0.2) is 41.8 Å². The Bertz CT molecular complexity index is 633. The highest BCUT2D eigenvalue weighted by Crippen LogP contribution is 2.18. The Morgan fingerprint density at radius 3 is 2.96 bits per heavy atom. The molecule has 0 saturated carbocycles.